The molecule has 0 atom stereocenters. The first kappa shape index (κ1) is 23.8. The fourth-order valence-corrected chi connectivity index (χ4v) is 6.56. The van der Waals surface area contributed by atoms with Gasteiger partial charge in [-0.05, 0) is 64.2 Å². The van der Waals surface area contributed by atoms with Crippen molar-refractivity contribution in [1.29, 1.82) is 0 Å². The highest BCUT2D eigenvalue weighted by molar-refractivity contribution is 6.09. The second-order valence-electron chi connectivity index (χ2n) is 11.4. The third-order valence-corrected chi connectivity index (χ3v) is 8.68. The number of hydrogen-bond acceptors (Lipinski definition) is 2. The molecule has 196 valence electrons. The molecule has 0 unspecified atom stereocenters. The van der Waals surface area contributed by atoms with E-state index in [1.165, 1.54) is 39.2 Å². The van der Waals surface area contributed by atoms with E-state index in [2.05, 4.69) is 146 Å². The third kappa shape index (κ3) is 3.64. The Kier molecular flexibility index (Phi) is 5.20. The van der Waals surface area contributed by atoms with Crippen molar-refractivity contribution in [2.24, 2.45) is 0 Å². The summed E-state index contributed by atoms with van der Waals surface area (Å²) in [5, 5.41) is 2.31. The van der Waals surface area contributed by atoms with Crippen molar-refractivity contribution in [2.45, 2.75) is 19.3 Å². The second-order valence-corrected chi connectivity index (χ2v) is 11.4. The van der Waals surface area contributed by atoms with Gasteiger partial charge >= 0.3 is 0 Å². The van der Waals surface area contributed by atoms with E-state index in [0.717, 1.165) is 33.2 Å². The number of furan rings is 1. The van der Waals surface area contributed by atoms with Gasteiger partial charge in [-0.2, -0.15) is 0 Å². The van der Waals surface area contributed by atoms with Gasteiger partial charge in [0.1, 0.15) is 11.2 Å². The van der Waals surface area contributed by atoms with Crippen LogP contribution in [0.1, 0.15) is 25.0 Å². The Labute approximate surface area is 240 Å². The maximum atomic E-state index is 6.42. The first-order valence-electron chi connectivity index (χ1n) is 14.2. The smallest absolute Gasteiger partial charge is 0.143 e. The third-order valence-electron chi connectivity index (χ3n) is 8.68. The summed E-state index contributed by atoms with van der Waals surface area (Å²) < 4.78 is 6.42. The van der Waals surface area contributed by atoms with E-state index in [4.69, 9.17) is 4.42 Å². The lowest BCUT2D eigenvalue weighted by Gasteiger charge is -2.42. The van der Waals surface area contributed by atoms with Gasteiger partial charge in [0.25, 0.3) is 0 Å². The van der Waals surface area contributed by atoms with E-state index >= 15 is 0 Å². The van der Waals surface area contributed by atoms with Gasteiger partial charge in [0, 0.05) is 27.4 Å². The van der Waals surface area contributed by atoms with Crippen LogP contribution in [0.2, 0.25) is 0 Å². The van der Waals surface area contributed by atoms with Crippen LogP contribution in [0.3, 0.4) is 0 Å². The fourth-order valence-electron chi connectivity index (χ4n) is 6.56. The molecule has 2 nitrogen and oxygen atoms in total. The Morgan fingerprint density at radius 1 is 0.512 bits per heavy atom. The first-order chi connectivity index (χ1) is 20.1. The Balaban J connectivity index is 1.30. The van der Waals surface area contributed by atoms with Crippen molar-refractivity contribution in [3.63, 3.8) is 0 Å². The molecular weight excluding hydrogens is 498 g/mol. The fraction of sp³-hybridized carbons (Fsp3) is 0.0769. The predicted octanol–water partition coefficient (Wildman–Crippen LogP) is 11.0. The molecule has 1 aromatic heterocycles. The Hall–Kier alpha value is -5.08. The minimum atomic E-state index is -0.176. The summed E-state index contributed by atoms with van der Waals surface area (Å²) in [5.74, 6) is 0. The monoisotopic (exact) mass is 527 g/mol. The van der Waals surface area contributed by atoms with Crippen LogP contribution < -0.4 is 4.90 Å². The highest BCUT2D eigenvalue weighted by Gasteiger charge is 2.37. The lowest BCUT2D eigenvalue weighted by atomic mass is 9.73. The van der Waals surface area contributed by atoms with Crippen LogP contribution in [0.15, 0.2) is 144 Å². The molecule has 7 aromatic rings. The number of anilines is 3. The van der Waals surface area contributed by atoms with Gasteiger partial charge in [-0.3, -0.25) is 0 Å². The van der Waals surface area contributed by atoms with Gasteiger partial charge in [-0.15, -0.1) is 0 Å². The summed E-state index contributed by atoms with van der Waals surface area (Å²) in [7, 11) is 0. The van der Waals surface area contributed by atoms with Gasteiger partial charge in [0.05, 0.1) is 11.4 Å². The highest BCUT2D eigenvalue weighted by atomic mass is 16.3. The largest absolute Gasteiger partial charge is 0.455 e. The van der Waals surface area contributed by atoms with E-state index in [-0.39, 0.29) is 5.41 Å². The molecule has 0 radical (unpaired) electrons. The van der Waals surface area contributed by atoms with Crippen molar-refractivity contribution in [3.05, 3.63) is 151 Å². The lowest BCUT2D eigenvalue weighted by Crippen LogP contribution is -2.30. The summed E-state index contributed by atoms with van der Waals surface area (Å²) in [6.45, 7) is 4.68. The Morgan fingerprint density at radius 2 is 1.17 bits per heavy atom. The molecule has 0 bridgehead atoms. The standard InChI is InChI=1S/C39H29NO/c1-39(2)33-16-7-8-17-35(33)40(29-22-19-27(20-23-29)26-11-4-3-5-12-26)36-24-21-28(25-34(36)39)30-14-10-15-32-31-13-6-9-18-37(31)41-38(30)32/h3-25H,1-2H3. The Bertz CT molecular complexity index is 2070. The maximum absolute atomic E-state index is 6.42. The maximum Gasteiger partial charge on any atom is 0.143 e. The molecule has 0 amide bonds. The molecule has 6 aromatic carbocycles. The summed E-state index contributed by atoms with van der Waals surface area (Å²) in [6, 6.07) is 50.0. The lowest BCUT2D eigenvalue weighted by molar-refractivity contribution is 0.632. The summed E-state index contributed by atoms with van der Waals surface area (Å²) >= 11 is 0. The number of benzene rings is 6. The molecule has 0 saturated carbocycles. The van der Waals surface area contributed by atoms with Gasteiger partial charge in [0.15, 0.2) is 0 Å². The molecule has 2 heteroatoms. The first-order valence-corrected chi connectivity index (χ1v) is 14.2. The molecule has 8 rings (SSSR count). The molecule has 0 N–H and O–H groups in total. The van der Waals surface area contributed by atoms with E-state index in [1.54, 1.807) is 0 Å². The van der Waals surface area contributed by atoms with Crippen LogP contribution in [0, 0.1) is 0 Å². The van der Waals surface area contributed by atoms with Crippen molar-refractivity contribution in [2.75, 3.05) is 4.90 Å². The van der Waals surface area contributed by atoms with Gasteiger partial charge in [-0.1, -0.05) is 117 Å². The van der Waals surface area contributed by atoms with Gasteiger partial charge in [0.2, 0.25) is 0 Å². The van der Waals surface area contributed by atoms with Crippen LogP contribution in [-0.2, 0) is 5.41 Å². The van der Waals surface area contributed by atoms with Crippen LogP contribution in [0.4, 0.5) is 17.1 Å². The van der Waals surface area contributed by atoms with E-state index in [0.29, 0.717) is 0 Å². The topological polar surface area (TPSA) is 16.4 Å². The molecule has 41 heavy (non-hydrogen) atoms. The average Bonchev–Trinajstić information content (AvgIpc) is 3.41. The van der Waals surface area contributed by atoms with Crippen LogP contribution in [-0.4, -0.2) is 0 Å². The van der Waals surface area contributed by atoms with Gasteiger partial charge in [-0.25, -0.2) is 0 Å². The Morgan fingerprint density at radius 3 is 2.02 bits per heavy atom. The minimum absolute atomic E-state index is 0.176. The van der Waals surface area contributed by atoms with Crippen molar-refractivity contribution < 1.29 is 4.42 Å². The van der Waals surface area contributed by atoms with E-state index in [9.17, 15) is 0 Å². The van der Waals surface area contributed by atoms with Crippen LogP contribution in [0.25, 0.3) is 44.2 Å². The molecule has 1 aliphatic heterocycles. The van der Waals surface area contributed by atoms with E-state index < -0.39 is 0 Å². The van der Waals surface area contributed by atoms with E-state index in [1.807, 2.05) is 12.1 Å². The zero-order valence-electron chi connectivity index (χ0n) is 23.1. The number of rotatable bonds is 3. The quantitative estimate of drug-likeness (QED) is 0.227. The molecule has 0 fully saturated rings. The molecule has 0 aliphatic carbocycles. The van der Waals surface area contributed by atoms with Crippen molar-refractivity contribution in [3.8, 4) is 22.3 Å². The second kappa shape index (κ2) is 8.97. The highest BCUT2D eigenvalue weighted by Crippen LogP contribution is 2.53. The average molecular weight is 528 g/mol. The number of nitrogens with zero attached hydrogens (tertiary/aromatic N) is 1. The molecule has 1 aliphatic rings. The zero-order chi connectivity index (χ0) is 27.6. The van der Waals surface area contributed by atoms with Crippen LogP contribution in [0.5, 0.6) is 0 Å². The normalized spacial score (nSPS) is 13.8. The molecular formula is C39H29NO. The van der Waals surface area contributed by atoms with Crippen LogP contribution >= 0.6 is 0 Å². The summed E-state index contributed by atoms with van der Waals surface area (Å²) in [5.41, 5.74) is 12.6. The predicted molar refractivity (Wildman–Crippen MR) is 171 cm³/mol. The SMILES string of the molecule is CC1(C)c2ccccc2N(c2ccc(-c3ccccc3)cc2)c2ccc(-c3cccc4c3oc3ccccc34)cc21. The number of fused-ring (bicyclic) bond motifs is 5. The number of hydrogen-bond donors (Lipinski definition) is 0. The van der Waals surface area contributed by atoms with Crippen molar-refractivity contribution in [1.82, 2.24) is 0 Å². The van der Waals surface area contributed by atoms with Crippen molar-refractivity contribution >= 4 is 39.0 Å². The summed E-state index contributed by atoms with van der Waals surface area (Å²) in [4.78, 5) is 2.41. The molecule has 2 heterocycles. The molecule has 0 spiro atoms. The van der Waals surface area contributed by atoms with Gasteiger partial charge < -0.3 is 9.32 Å². The zero-order valence-corrected chi connectivity index (χ0v) is 23.1. The summed E-state index contributed by atoms with van der Waals surface area (Å²) in [6.07, 6.45) is 0. The number of para-hydroxylation sites is 3. The minimum Gasteiger partial charge on any atom is -0.455 e. The molecule has 0 saturated heterocycles.